The van der Waals surface area contributed by atoms with Gasteiger partial charge in [0.25, 0.3) is 5.69 Å². The zero-order valence-corrected chi connectivity index (χ0v) is 11.7. The highest BCUT2D eigenvalue weighted by molar-refractivity contribution is 5.86. The van der Waals surface area contributed by atoms with Gasteiger partial charge in [0.1, 0.15) is 5.75 Å². The lowest BCUT2D eigenvalue weighted by atomic mass is 10.2. The summed E-state index contributed by atoms with van der Waals surface area (Å²) >= 11 is 0. The lowest BCUT2D eigenvalue weighted by molar-refractivity contribution is -0.385. The molecule has 0 saturated carbocycles. The minimum absolute atomic E-state index is 0.0455. The van der Waals surface area contributed by atoms with Crippen LogP contribution in [0.1, 0.15) is 18.9 Å². The van der Waals surface area contributed by atoms with E-state index >= 15 is 0 Å². The predicted octanol–water partition coefficient (Wildman–Crippen LogP) is 4.13. The normalized spacial score (nSPS) is 10.7. The summed E-state index contributed by atoms with van der Waals surface area (Å²) in [5.41, 5.74) is 1.25. The van der Waals surface area contributed by atoms with E-state index in [9.17, 15) is 10.1 Å². The molecule has 0 atom stereocenters. The van der Waals surface area contributed by atoms with Crippen molar-refractivity contribution in [2.75, 3.05) is 6.61 Å². The summed E-state index contributed by atoms with van der Waals surface area (Å²) in [5, 5.41) is 10.9. The largest absolute Gasteiger partial charge is 0.494 e. The summed E-state index contributed by atoms with van der Waals surface area (Å²) in [6.07, 6.45) is 2.46. The van der Waals surface area contributed by atoms with Crippen molar-refractivity contribution in [3.8, 4) is 5.75 Å². The van der Waals surface area contributed by atoms with Crippen LogP contribution in [0.2, 0.25) is 0 Å². The van der Waals surface area contributed by atoms with Gasteiger partial charge in [-0.15, -0.1) is 0 Å². The van der Waals surface area contributed by atoms with Crippen LogP contribution in [0.5, 0.6) is 5.75 Å². The highest BCUT2D eigenvalue weighted by Gasteiger charge is 2.09. The molecule has 2 aromatic rings. The molecule has 0 amide bonds. The summed E-state index contributed by atoms with van der Waals surface area (Å²) < 4.78 is 5.48. The molecule has 0 bridgehead atoms. The fourth-order valence-electron chi connectivity index (χ4n) is 1.76. The highest BCUT2D eigenvalue weighted by Crippen LogP contribution is 2.20. The molecule has 0 aromatic heterocycles. The molecular formula is C16H16N2O3. The van der Waals surface area contributed by atoms with Crippen LogP contribution in [0.3, 0.4) is 0 Å². The topological polar surface area (TPSA) is 64.7 Å². The molecule has 2 aromatic carbocycles. The molecule has 0 fully saturated rings. The molecule has 0 aliphatic carbocycles. The maximum Gasteiger partial charge on any atom is 0.278 e. The number of para-hydroxylation sites is 1. The molecule has 21 heavy (non-hydrogen) atoms. The summed E-state index contributed by atoms with van der Waals surface area (Å²) in [5.74, 6) is 0.793. The number of benzene rings is 2. The van der Waals surface area contributed by atoms with Crippen LogP contribution in [-0.2, 0) is 0 Å². The second-order valence-corrected chi connectivity index (χ2v) is 4.42. The lowest BCUT2D eigenvalue weighted by Crippen LogP contribution is -1.94. The van der Waals surface area contributed by atoms with Crippen molar-refractivity contribution in [3.05, 3.63) is 64.2 Å². The van der Waals surface area contributed by atoms with Gasteiger partial charge >= 0.3 is 0 Å². The van der Waals surface area contributed by atoms with Gasteiger partial charge in [-0.1, -0.05) is 19.1 Å². The van der Waals surface area contributed by atoms with E-state index in [2.05, 4.69) is 4.99 Å². The predicted molar refractivity (Wildman–Crippen MR) is 82.6 cm³/mol. The van der Waals surface area contributed by atoms with E-state index in [1.54, 1.807) is 18.2 Å². The Bertz CT molecular complexity index is 636. The third kappa shape index (κ3) is 4.14. The number of nitro groups is 1. The van der Waals surface area contributed by atoms with Gasteiger partial charge in [0.15, 0.2) is 0 Å². The second-order valence-electron chi connectivity index (χ2n) is 4.42. The Morgan fingerprint density at radius 1 is 1.19 bits per heavy atom. The third-order valence-corrected chi connectivity index (χ3v) is 2.80. The molecule has 0 aliphatic heterocycles. The molecule has 0 radical (unpaired) electrons. The zero-order valence-electron chi connectivity index (χ0n) is 11.7. The average molecular weight is 284 g/mol. The maximum absolute atomic E-state index is 10.9. The molecule has 0 spiro atoms. The Hall–Kier alpha value is -2.69. The van der Waals surface area contributed by atoms with Gasteiger partial charge in [0.05, 0.1) is 22.8 Å². The number of nitrogens with zero attached hydrogens (tertiary/aromatic N) is 2. The summed E-state index contributed by atoms with van der Waals surface area (Å²) in [6, 6.07) is 13.8. The number of rotatable bonds is 6. The van der Waals surface area contributed by atoms with Crippen molar-refractivity contribution in [2.24, 2.45) is 4.99 Å². The van der Waals surface area contributed by atoms with Crippen LogP contribution in [0.4, 0.5) is 11.4 Å². The zero-order chi connectivity index (χ0) is 15.1. The lowest BCUT2D eigenvalue weighted by Gasteiger charge is -2.03. The minimum Gasteiger partial charge on any atom is -0.494 e. The van der Waals surface area contributed by atoms with E-state index in [1.165, 1.54) is 12.3 Å². The first-order valence-electron chi connectivity index (χ1n) is 6.71. The third-order valence-electron chi connectivity index (χ3n) is 2.80. The van der Waals surface area contributed by atoms with Crippen LogP contribution in [0.15, 0.2) is 53.5 Å². The van der Waals surface area contributed by atoms with Crippen molar-refractivity contribution in [1.29, 1.82) is 0 Å². The molecule has 0 unspecified atom stereocenters. The first-order chi connectivity index (χ1) is 10.2. The molecule has 0 heterocycles. The quantitative estimate of drug-likeness (QED) is 0.455. The van der Waals surface area contributed by atoms with Crippen molar-refractivity contribution in [1.82, 2.24) is 0 Å². The standard InChI is InChI=1S/C16H16N2O3/c1-2-11-21-15-9-7-14(8-10-15)17-12-13-5-3-4-6-16(13)18(19)20/h3-10,12H,2,11H2,1H3. The Labute approximate surface area is 123 Å². The van der Waals surface area contributed by atoms with E-state index < -0.39 is 4.92 Å². The van der Waals surface area contributed by atoms with Crippen LogP contribution in [0.25, 0.3) is 0 Å². The fraction of sp³-hybridized carbons (Fsp3) is 0.188. The monoisotopic (exact) mass is 284 g/mol. The Kier molecular flexibility index (Phi) is 5.04. The van der Waals surface area contributed by atoms with E-state index in [0.717, 1.165) is 17.9 Å². The fourth-order valence-corrected chi connectivity index (χ4v) is 1.76. The van der Waals surface area contributed by atoms with E-state index in [0.29, 0.717) is 12.2 Å². The molecule has 0 saturated heterocycles. The average Bonchev–Trinajstić information content (AvgIpc) is 2.52. The number of hydrogen-bond donors (Lipinski definition) is 0. The van der Waals surface area contributed by atoms with Gasteiger partial charge in [-0.05, 0) is 36.8 Å². The summed E-state index contributed by atoms with van der Waals surface area (Å²) in [7, 11) is 0. The molecular weight excluding hydrogens is 268 g/mol. The van der Waals surface area contributed by atoms with Crippen LogP contribution in [-0.4, -0.2) is 17.7 Å². The molecule has 5 nitrogen and oxygen atoms in total. The molecule has 108 valence electrons. The first kappa shape index (κ1) is 14.7. The van der Waals surface area contributed by atoms with Gasteiger partial charge in [-0.3, -0.25) is 15.1 Å². The van der Waals surface area contributed by atoms with Gasteiger partial charge in [-0.2, -0.15) is 0 Å². The van der Waals surface area contributed by atoms with E-state index in [4.69, 9.17) is 4.74 Å². The van der Waals surface area contributed by atoms with Crippen molar-refractivity contribution >= 4 is 17.6 Å². The molecule has 5 heteroatoms. The molecule has 0 N–H and O–H groups in total. The number of aliphatic imine (C=N–C) groups is 1. The number of ether oxygens (including phenoxy) is 1. The van der Waals surface area contributed by atoms with Crippen LogP contribution >= 0.6 is 0 Å². The summed E-state index contributed by atoms with van der Waals surface area (Å²) in [6.45, 7) is 2.73. The van der Waals surface area contributed by atoms with Crippen molar-refractivity contribution < 1.29 is 9.66 Å². The molecule has 2 rings (SSSR count). The maximum atomic E-state index is 10.9. The van der Waals surface area contributed by atoms with Gasteiger partial charge < -0.3 is 4.74 Å². The second kappa shape index (κ2) is 7.19. The summed E-state index contributed by atoms with van der Waals surface area (Å²) in [4.78, 5) is 14.7. The van der Waals surface area contributed by atoms with Crippen molar-refractivity contribution in [3.63, 3.8) is 0 Å². The van der Waals surface area contributed by atoms with Gasteiger partial charge in [0, 0.05) is 12.3 Å². The Morgan fingerprint density at radius 3 is 2.57 bits per heavy atom. The van der Waals surface area contributed by atoms with E-state index in [1.807, 2.05) is 31.2 Å². The van der Waals surface area contributed by atoms with Crippen LogP contribution in [0, 0.1) is 10.1 Å². The van der Waals surface area contributed by atoms with Crippen LogP contribution < -0.4 is 4.74 Å². The SMILES string of the molecule is CCCOc1ccc(N=Cc2ccccc2[N+](=O)[O-])cc1. The van der Waals surface area contributed by atoms with Gasteiger partial charge in [0.2, 0.25) is 0 Å². The number of nitro benzene ring substituents is 1. The smallest absolute Gasteiger partial charge is 0.278 e. The Balaban J connectivity index is 2.12. The first-order valence-corrected chi connectivity index (χ1v) is 6.71. The number of hydrogen-bond acceptors (Lipinski definition) is 4. The Morgan fingerprint density at radius 2 is 1.90 bits per heavy atom. The van der Waals surface area contributed by atoms with E-state index in [-0.39, 0.29) is 5.69 Å². The molecule has 0 aliphatic rings. The highest BCUT2D eigenvalue weighted by atomic mass is 16.6. The van der Waals surface area contributed by atoms with Crippen molar-refractivity contribution in [2.45, 2.75) is 13.3 Å². The van der Waals surface area contributed by atoms with Gasteiger partial charge in [-0.25, -0.2) is 0 Å². The minimum atomic E-state index is -0.414.